The molecular weight excluding hydrogens is 216 g/mol. The molecule has 4 nitrogen and oxygen atoms in total. The van der Waals surface area contributed by atoms with Crippen LogP contribution < -0.4 is 11.1 Å². The van der Waals surface area contributed by atoms with E-state index < -0.39 is 0 Å². The standard InChI is InChI=1S/C13H24N2O2/c14-12-6-2-1-4-10(12)9-15-13(16)8-11-5-3-7-17-11/h10-12H,1-9,14H2,(H,15,16). The van der Waals surface area contributed by atoms with Gasteiger partial charge in [-0.1, -0.05) is 12.8 Å². The van der Waals surface area contributed by atoms with Crippen molar-refractivity contribution in [3.05, 3.63) is 0 Å². The van der Waals surface area contributed by atoms with Gasteiger partial charge in [-0.3, -0.25) is 4.79 Å². The number of rotatable bonds is 4. The lowest BCUT2D eigenvalue weighted by Gasteiger charge is -2.28. The second-order valence-electron chi connectivity index (χ2n) is 5.35. The Hall–Kier alpha value is -0.610. The summed E-state index contributed by atoms with van der Waals surface area (Å²) in [6.45, 7) is 1.55. The maximum Gasteiger partial charge on any atom is 0.222 e. The first kappa shape index (κ1) is 12.8. The third-order valence-electron chi connectivity index (χ3n) is 3.97. The van der Waals surface area contributed by atoms with Gasteiger partial charge in [0.2, 0.25) is 5.91 Å². The molecule has 2 aliphatic rings. The van der Waals surface area contributed by atoms with Crippen LogP contribution in [0.1, 0.15) is 44.9 Å². The lowest BCUT2D eigenvalue weighted by molar-refractivity contribution is -0.123. The van der Waals surface area contributed by atoms with Crippen molar-refractivity contribution < 1.29 is 9.53 Å². The van der Waals surface area contributed by atoms with Gasteiger partial charge in [0.15, 0.2) is 0 Å². The van der Waals surface area contributed by atoms with Crippen molar-refractivity contribution in [2.24, 2.45) is 11.7 Å². The van der Waals surface area contributed by atoms with Crippen molar-refractivity contribution in [3.8, 4) is 0 Å². The summed E-state index contributed by atoms with van der Waals surface area (Å²) < 4.78 is 5.45. The van der Waals surface area contributed by atoms with E-state index in [1.54, 1.807) is 0 Å². The van der Waals surface area contributed by atoms with Gasteiger partial charge < -0.3 is 15.8 Å². The summed E-state index contributed by atoms with van der Waals surface area (Å²) in [4.78, 5) is 11.7. The molecule has 0 spiro atoms. The average Bonchev–Trinajstić information content (AvgIpc) is 2.81. The van der Waals surface area contributed by atoms with E-state index in [0.29, 0.717) is 12.3 Å². The minimum Gasteiger partial charge on any atom is -0.378 e. The largest absolute Gasteiger partial charge is 0.378 e. The molecule has 3 N–H and O–H groups in total. The number of hydrogen-bond donors (Lipinski definition) is 2. The van der Waals surface area contributed by atoms with E-state index in [1.165, 1.54) is 12.8 Å². The number of carbonyl (C=O) groups excluding carboxylic acids is 1. The molecule has 17 heavy (non-hydrogen) atoms. The molecule has 1 heterocycles. The Morgan fingerprint density at radius 2 is 2.06 bits per heavy atom. The first-order valence-electron chi connectivity index (χ1n) is 6.89. The summed E-state index contributed by atoms with van der Waals surface area (Å²) in [6, 6.07) is 0.270. The van der Waals surface area contributed by atoms with Gasteiger partial charge in [-0.05, 0) is 31.6 Å². The highest BCUT2D eigenvalue weighted by molar-refractivity contribution is 5.76. The van der Waals surface area contributed by atoms with Crippen LogP contribution >= 0.6 is 0 Å². The Bertz CT molecular complexity index is 252. The van der Waals surface area contributed by atoms with Gasteiger partial charge in [0, 0.05) is 19.2 Å². The molecule has 0 bridgehead atoms. The molecule has 3 atom stereocenters. The molecule has 3 unspecified atom stereocenters. The molecule has 1 aliphatic heterocycles. The van der Waals surface area contributed by atoms with Crippen LogP contribution in [0.3, 0.4) is 0 Å². The molecule has 2 rings (SSSR count). The topological polar surface area (TPSA) is 64.3 Å². The van der Waals surface area contributed by atoms with Gasteiger partial charge in [0.1, 0.15) is 0 Å². The van der Waals surface area contributed by atoms with Crippen molar-refractivity contribution in [1.29, 1.82) is 0 Å². The Balaban J connectivity index is 1.64. The molecule has 4 heteroatoms. The molecule has 0 aromatic heterocycles. The number of nitrogens with two attached hydrogens (primary N) is 1. The molecule has 0 radical (unpaired) electrons. The maximum absolute atomic E-state index is 11.7. The van der Waals surface area contributed by atoms with Crippen molar-refractivity contribution in [2.45, 2.75) is 57.1 Å². The number of ether oxygens (including phenoxy) is 1. The van der Waals surface area contributed by atoms with Gasteiger partial charge in [-0.15, -0.1) is 0 Å². The molecule has 1 saturated carbocycles. The lowest BCUT2D eigenvalue weighted by atomic mass is 9.85. The summed E-state index contributed by atoms with van der Waals surface area (Å²) in [5, 5.41) is 3.01. The van der Waals surface area contributed by atoms with Crippen LogP contribution in [0.2, 0.25) is 0 Å². The van der Waals surface area contributed by atoms with Crippen LogP contribution in [-0.4, -0.2) is 31.2 Å². The molecule has 98 valence electrons. The van der Waals surface area contributed by atoms with Crippen LogP contribution in [0.5, 0.6) is 0 Å². The second-order valence-corrected chi connectivity index (χ2v) is 5.35. The lowest BCUT2D eigenvalue weighted by Crippen LogP contribution is -2.41. The maximum atomic E-state index is 11.7. The Kier molecular flexibility index (Phi) is 4.80. The predicted octanol–water partition coefficient (Wildman–Crippen LogP) is 1.19. The van der Waals surface area contributed by atoms with E-state index in [2.05, 4.69) is 5.32 Å². The van der Waals surface area contributed by atoms with Gasteiger partial charge in [0.25, 0.3) is 0 Å². The first-order chi connectivity index (χ1) is 8.25. The first-order valence-corrected chi connectivity index (χ1v) is 6.89. The zero-order valence-corrected chi connectivity index (χ0v) is 10.5. The van der Waals surface area contributed by atoms with E-state index in [1.807, 2.05) is 0 Å². The quantitative estimate of drug-likeness (QED) is 0.776. The monoisotopic (exact) mass is 240 g/mol. The summed E-state index contributed by atoms with van der Waals surface area (Å²) in [6.07, 6.45) is 7.52. The molecule has 1 amide bonds. The summed E-state index contributed by atoms with van der Waals surface area (Å²) in [5.74, 6) is 0.590. The molecular formula is C13H24N2O2. The molecule has 2 fully saturated rings. The molecule has 0 aromatic carbocycles. The normalized spacial score (nSPS) is 33.6. The van der Waals surface area contributed by atoms with Crippen molar-refractivity contribution in [2.75, 3.05) is 13.2 Å². The minimum absolute atomic E-state index is 0.120. The minimum atomic E-state index is 0.120. The number of carbonyl (C=O) groups is 1. The van der Waals surface area contributed by atoms with E-state index in [9.17, 15) is 4.79 Å². The van der Waals surface area contributed by atoms with Gasteiger partial charge in [-0.2, -0.15) is 0 Å². The zero-order chi connectivity index (χ0) is 12.1. The predicted molar refractivity (Wildman–Crippen MR) is 66.5 cm³/mol. The summed E-state index contributed by atoms with van der Waals surface area (Å²) in [5.41, 5.74) is 6.05. The van der Waals surface area contributed by atoms with Crippen molar-refractivity contribution in [1.82, 2.24) is 5.32 Å². The fourth-order valence-electron chi connectivity index (χ4n) is 2.82. The van der Waals surface area contributed by atoms with E-state index in [4.69, 9.17) is 10.5 Å². The highest BCUT2D eigenvalue weighted by Gasteiger charge is 2.23. The van der Waals surface area contributed by atoms with E-state index in [0.717, 1.165) is 38.8 Å². The van der Waals surface area contributed by atoms with Crippen LogP contribution in [0.4, 0.5) is 0 Å². The molecule has 0 aromatic rings. The smallest absolute Gasteiger partial charge is 0.222 e. The van der Waals surface area contributed by atoms with E-state index >= 15 is 0 Å². The Morgan fingerprint density at radius 1 is 1.24 bits per heavy atom. The van der Waals surface area contributed by atoms with Crippen LogP contribution in [0.25, 0.3) is 0 Å². The fraction of sp³-hybridized carbons (Fsp3) is 0.923. The van der Waals surface area contributed by atoms with Crippen molar-refractivity contribution >= 4 is 5.91 Å². The van der Waals surface area contributed by atoms with Crippen LogP contribution in [0, 0.1) is 5.92 Å². The fourth-order valence-corrected chi connectivity index (χ4v) is 2.82. The molecule has 1 aliphatic carbocycles. The SMILES string of the molecule is NC1CCCCC1CNC(=O)CC1CCCO1. The van der Waals surface area contributed by atoms with Gasteiger partial charge in [-0.25, -0.2) is 0 Å². The third-order valence-corrected chi connectivity index (χ3v) is 3.97. The highest BCUT2D eigenvalue weighted by atomic mass is 16.5. The Labute approximate surface area is 103 Å². The van der Waals surface area contributed by atoms with Crippen LogP contribution in [0.15, 0.2) is 0 Å². The van der Waals surface area contributed by atoms with Gasteiger partial charge in [0.05, 0.1) is 12.5 Å². The average molecular weight is 240 g/mol. The Morgan fingerprint density at radius 3 is 2.76 bits per heavy atom. The van der Waals surface area contributed by atoms with Crippen LogP contribution in [-0.2, 0) is 9.53 Å². The third kappa shape index (κ3) is 3.96. The zero-order valence-electron chi connectivity index (χ0n) is 10.5. The van der Waals surface area contributed by atoms with Gasteiger partial charge >= 0.3 is 0 Å². The van der Waals surface area contributed by atoms with E-state index in [-0.39, 0.29) is 18.1 Å². The highest BCUT2D eigenvalue weighted by Crippen LogP contribution is 2.22. The van der Waals surface area contributed by atoms with Crippen molar-refractivity contribution in [3.63, 3.8) is 0 Å². The summed E-state index contributed by atoms with van der Waals surface area (Å²) in [7, 11) is 0. The molecule has 1 saturated heterocycles. The number of nitrogens with one attached hydrogen (secondary N) is 1. The second kappa shape index (κ2) is 6.36. The number of hydrogen-bond acceptors (Lipinski definition) is 3. The summed E-state index contributed by atoms with van der Waals surface area (Å²) >= 11 is 0. The number of amides is 1.